The minimum absolute atomic E-state index is 0.109. The number of para-hydroxylation sites is 1. The summed E-state index contributed by atoms with van der Waals surface area (Å²) >= 11 is 0. The van der Waals surface area contributed by atoms with Gasteiger partial charge >= 0.3 is 0 Å². The highest BCUT2D eigenvalue weighted by Gasteiger charge is 2.31. The van der Waals surface area contributed by atoms with E-state index >= 15 is 0 Å². The number of hydrogen-bond acceptors (Lipinski definition) is 7. The number of benzene rings is 1. The Morgan fingerprint density at radius 1 is 1.13 bits per heavy atom. The van der Waals surface area contributed by atoms with E-state index < -0.39 is 6.10 Å². The van der Waals surface area contributed by atoms with E-state index in [-0.39, 0.29) is 12.1 Å². The lowest BCUT2D eigenvalue weighted by Crippen LogP contribution is -2.32. The Morgan fingerprint density at radius 3 is 2.77 bits per heavy atom. The first-order valence-corrected chi connectivity index (χ1v) is 10.0. The lowest BCUT2D eigenvalue weighted by atomic mass is 10.1. The van der Waals surface area contributed by atoms with Crippen LogP contribution in [0.2, 0.25) is 0 Å². The molecule has 0 amide bonds. The quantitative estimate of drug-likeness (QED) is 0.536. The molecule has 4 aromatic rings. The molecule has 3 atom stereocenters. The number of rotatable bonds is 4. The summed E-state index contributed by atoms with van der Waals surface area (Å²) in [7, 11) is 1.64. The molecule has 30 heavy (non-hydrogen) atoms. The van der Waals surface area contributed by atoms with Gasteiger partial charge < -0.3 is 15.6 Å². The summed E-state index contributed by atoms with van der Waals surface area (Å²) in [6.45, 7) is 3.36. The molecule has 0 bridgehead atoms. The van der Waals surface area contributed by atoms with Crippen molar-refractivity contribution in [3.8, 4) is 17.3 Å². The Balaban J connectivity index is 1.56. The fourth-order valence-electron chi connectivity index (χ4n) is 4.11. The van der Waals surface area contributed by atoms with Crippen molar-refractivity contribution >= 4 is 16.6 Å². The van der Waals surface area contributed by atoms with Crippen LogP contribution in [0.3, 0.4) is 0 Å². The van der Waals surface area contributed by atoms with Crippen LogP contribution in [0.15, 0.2) is 48.7 Å². The molecule has 1 fully saturated rings. The fraction of sp³-hybridized carbons (Fsp3) is 0.318. The Labute approximate surface area is 173 Å². The van der Waals surface area contributed by atoms with Gasteiger partial charge in [0.2, 0.25) is 0 Å². The van der Waals surface area contributed by atoms with Gasteiger partial charge in [0, 0.05) is 36.8 Å². The molecule has 1 aromatic carbocycles. The minimum atomic E-state index is -0.488. The second-order valence-corrected chi connectivity index (χ2v) is 7.80. The van der Waals surface area contributed by atoms with E-state index in [0.717, 1.165) is 33.6 Å². The molecule has 3 N–H and O–H groups in total. The van der Waals surface area contributed by atoms with Crippen molar-refractivity contribution in [2.75, 3.05) is 20.2 Å². The molecule has 0 radical (unpaired) electrons. The van der Waals surface area contributed by atoms with Gasteiger partial charge in [-0.2, -0.15) is 0 Å². The molecule has 5 rings (SSSR count). The molecule has 8 nitrogen and oxygen atoms in total. The van der Waals surface area contributed by atoms with Crippen LogP contribution in [0.5, 0.6) is 5.75 Å². The molecule has 1 aliphatic heterocycles. The van der Waals surface area contributed by atoms with Gasteiger partial charge in [-0.15, -0.1) is 10.2 Å². The average molecular weight is 404 g/mol. The number of aliphatic hydroxyl groups excluding tert-OH is 1. The van der Waals surface area contributed by atoms with Crippen molar-refractivity contribution in [1.29, 1.82) is 0 Å². The summed E-state index contributed by atoms with van der Waals surface area (Å²) in [5, 5.41) is 19.7. The Bertz CT molecular complexity index is 1210. The molecular weight excluding hydrogens is 380 g/mol. The molecule has 0 saturated carbocycles. The first kappa shape index (κ1) is 18.9. The first-order chi connectivity index (χ1) is 14.5. The topological polar surface area (TPSA) is 102 Å². The molecule has 4 heterocycles. The molecule has 1 saturated heterocycles. The lowest BCUT2D eigenvalue weighted by molar-refractivity contribution is 0.155. The second kappa shape index (κ2) is 7.32. The van der Waals surface area contributed by atoms with Crippen LogP contribution in [0.25, 0.3) is 28.1 Å². The van der Waals surface area contributed by atoms with E-state index in [4.69, 9.17) is 15.5 Å². The summed E-state index contributed by atoms with van der Waals surface area (Å²) in [5.74, 6) is 1.39. The normalized spacial score (nSPS) is 20.8. The van der Waals surface area contributed by atoms with Crippen LogP contribution >= 0.6 is 0 Å². The second-order valence-electron chi connectivity index (χ2n) is 7.80. The summed E-state index contributed by atoms with van der Waals surface area (Å²) < 4.78 is 7.43. The highest BCUT2D eigenvalue weighted by Crippen LogP contribution is 2.28. The van der Waals surface area contributed by atoms with Crippen LogP contribution in [0.4, 0.5) is 0 Å². The van der Waals surface area contributed by atoms with Gasteiger partial charge in [0.25, 0.3) is 0 Å². The highest BCUT2D eigenvalue weighted by molar-refractivity contribution is 5.86. The number of nitrogens with two attached hydrogens (primary N) is 1. The average Bonchev–Trinajstić information content (AvgIpc) is 3.35. The monoisotopic (exact) mass is 404 g/mol. The third-order valence-electron chi connectivity index (χ3n) is 5.95. The lowest BCUT2D eigenvalue weighted by Gasteiger charge is -2.24. The first-order valence-electron chi connectivity index (χ1n) is 10.0. The zero-order valence-corrected chi connectivity index (χ0v) is 16.9. The minimum Gasteiger partial charge on any atom is -0.494 e. The smallest absolute Gasteiger partial charge is 0.187 e. The Morgan fingerprint density at radius 2 is 2.00 bits per heavy atom. The Kier molecular flexibility index (Phi) is 4.62. The predicted octanol–water partition coefficient (Wildman–Crippen LogP) is 2.02. The van der Waals surface area contributed by atoms with Gasteiger partial charge in [-0.05, 0) is 30.7 Å². The van der Waals surface area contributed by atoms with Crippen molar-refractivity contribution < 1.29 is 9.84 Å². The summed E-state index contributed by atoms with van der Waals surface area (Å²) in [6, 6.07) is 13.7. The number of methoxy groups -OCH3 is 1. The highest BCUT2D eigenvalue weighted by atomic mass is 16.5. The van der Waals surface area contributed by atoms with Crippen molar-refractivity contribution in [3.63, 3.8) is 0 Å². The number of nitrogens with zero attached hydrogens (tertiary/aromatic N) is 5. The molecule has 8 heteroatoms. The summed E-state index contributed by atoms with van der Waals surface area (Å²) in [4.78, 5) is 7.00. The number of β-amino-alcohol motifs (C(OH)–C–C–N with tert-alkyl or cyclic N) is 1. The maximum atomic E-state index is 10.0. The van der Waals surface area contributed by atoms with Gasteiger partial charge in [0.1, 0.15) is 17.0 Å². The maximum Gasteiger partial charge on any atom is 0.187 e. The molecule has 0 aliphatic carbocycles. The van der Waals surface area contributed by atoms with Gasteiger partial charge in [-0.3, -0.25) is 9.30 Å². The van der Waals surface area contributed by atoms with Crippen molar-refractivity contribution in [2.24, 2.45) is 5.73 Å². The van der Waals surface area contributed by atoms with Crippen LogP contribution in [0, 0.1) is 0 Å². The third kappa shape index (κ3) is 3.09. The van der Waals surface area contributed by atoms with E-state index in [1.807, 2.05) is 53.1 Å². The number of aromatic nitrogens is 4. The third-order valence-corrected chi connectivity index (χ3v) is 5.95. The molecule has 0 spiro atoms. The molecule has 3 aromatic heterocycles. The van der Waals surface area contributed by atoms with Crippen LogP contribution in [-0.2, 0) is 0 Å². The number of ether oxygens (including phenoxy) is 1. The van der Waals surface area contributed by atoms with Crippen molar-refractivity contribution in [1.82, 2.24) is 24.5 Å². The van der Waals surface area contributed by atoms with Crippen LogP contribution in [-0.4, -0.2) is 61.9 Å². The number of pyridine rings is 2. The number of likely N-dealkylation sites (tertiary alicyclic amines) is 1. The maximum absolute atomic E-state index is 10.0. The van der Waals surface area contributed by atoms with Gasteiger partial charge in [-0.25, -0.2) is 4.98 Å². The van der Waals surface area contributed by atoms with E-state index in [1.165, 1.54) is 0 Å². The van der Waals surface area contributed by atoms with E-state index in [0.29, 0.717) is 18.9 Å². The van der Waals surface area contributed by atoms with E-state index in [1.54, 1.807) is 7.11 Å². The van der Waals surface area contributed by atoms with Gasteiger partial charge in [0.15, 0.2) is 11.5 Å². The number of hydrogen-bond donors (Lipinski definition) is 2. The molecule has 0 unspecified atom stereocenters. The number of aliphatic hydroxyl groups is 1. The Hall–Kier alpha value is -3.07. The largest absolute Gasteiger partial charge is 0.494 e. The molecule has 1 aliphatic rings. The summed E-state index contributed by atoms with van der Waals surface area (Å²) in [5.41, 5.74) is 9.36. The zero-order chi connectivity index (χ0) is 20.8. The van der Waals surface area contributed by atoms with Crippen LogP contribution in [0.1, 0.15) is 18.5 Å². The van der Waals surface area contributed by atoms with E-state index in [2.05, 4.69) is 22.0 Å². The van der Waals surface area contributed by atoms with Crippen molar-refractivity contribution in [3.05, 3.63) is 54.2 Å². The van der Waals surface area contributed by atoms with E-state index in [9.17, 15) is 5.11 Å². The van der Waals surface area contributed by atoms with Crippen LogP contribution < -0.4 is 10.5 Å². The zero-order valence-electron chi connectivity index (χ0n) is 16.9. The molecular formula is C22H24N6O2. The predicted molar refractivity (Wildman–Crippen MR) is 114 cm³/mol. The van der Waals surface area contributed by atoms with Gasteiger partial charge in [0.05, 0.1) is 13.2 Å². The van der Waals surface area contributed by atoms with Gasteiger partial charge in [-0.1, -0.05) is 24.3 Å². The molecule has 154 valence electrons. The number of fused-ring (bicyclic) bond motifs is 2. The SMILES string of the molecule is COc1cccc2ccc(-c3nnc4ccc([C@H](C)N5C[C@@H](N)[C@@H](O)C5)cn34)nc12. The van der Waals surface area contributed by atoms with Crippen molar-refractivity contribution in [2.45, 2.75) is 25.1 Å². The standard InChI is InChI=1S/C22H24N6O2/c1-13(27-11-16(23)18(29)12-27)15-7-9-20-25-26-22(28(20)10-15)17-8-6-14-4-3-5-19(30-2)21(14)24-17/h3-10,13,16,18,29H,11-12,23H2,1-2H3/t13-,16+,18-/m0/s1. The summed E-state index contributed by atoms with van der Waals surface area (Å²) in [6.07, 6.45) is 1.55. The fourth-order valence-corrected chi connectivity index (χ4v) is 4.11.